The maximum Gasteiger partial charge on any atom is 0.336 e. The molecule has 2 aromatic carbocycles. The number of nitrogens with zero attached hydrogens (tertiary/aromatic N) is 1. The number of carbonyl (C=O) groups is 3. The van der Waals surface area contributed by atoms with Gasteiger partial charge < -0.3 is 9.52 Å². The number of amides is 2. The number of nitrogens with one attached hydrogen (secondary N) is 1. The maximum absolute atomic E-state index is 12.7. The molecule has 0 bridgehead atoms. The van der Waals surface area contributed by atoms with Crippen molar-refractivity contribution in [3.63, 3.8) is 0 Å². The Hall–Kier alpha value is -3.84. The van der Waals surface area contributed by atoms with E-state index in [2.05, 4.69) is 5.43 Å². The molecular weight excluding hydrogens is 396 g/mol. The number of hydrogen-bond acceptors (Lipinski definition) is 4. The molecule has 1 fully saturated rings. The molecule has 1 aromatic heterocycles. The summed E-state index contributed by atoms with van der Waals surface area (Å²) in [4.78, 5) is 36.3. The van der Waals surface area contributed by atoms with E-state index < -0.39 is 17.8 Å². The van der Waals surface area contributed by atoms with E-state index in [9.17, 15) is 19.5 Å². The van der Waals surface area contributed by atoms with Crippen molar-refractivity contribution in [1.82, 2.24) is 5.43 Å². The van der Waals surface area contributed by atoms with E-state index in [1.165, 1.54) is 12.1 Å². The van der Waals surface area contributed by atoms with E-state index in [1.807, 2.05) is 0 Å². The van der Waals surface area contributed by atoms with Gasteiger partial charge in [0.2, 0.25) is 0 Å². The minimum absolute atomic E-state index is 0.0860. The molecule has 1 saturated heterocycles. The van der Waals surface area contributed by atoms with E-state index in [1.54, 1.807) is 54.6 Å². The quantitative estimate of drug-likeness (QED) is 0.505. The second-order valence-electron chi connectivity index (χ2n) is 6.17. The highest BCUT2D eigenvalue weighted by Gasteiger charge is 2.34. The van der Waals surface area contributed by atoms with Crippen LogP contribution >= 0.6 is 11.6 Å². The van der Waals surface area contributed by atoms with Crippen LogP contribution in [0.25, 0.3) is 17.4 Å². The van der Waals surface area contributed by atoms with Crippen molar-refractivity contribution in [2.45, 2.75) is 0 Å². The fraction of sp³-hybridized carbons (Fsp3) is 0. The minimum Gasteiger partial charge on any atom is -0.478 e. The summed E-state index contributed by atoms with van der Waals surface area (Å²) in [7, 11) is 0. The predicted molar refractivity (Wildman–Crippen MR) is 106 cm³/mol. The second-order valence-corrected chi connectivity index (χ2v) is 6.61. The van der Waals surface area contributed by atoms with Crippen molar-refractivity contribution in [3.05, 3.63) is 82.6 Å². The standard InChI is InChI=1S/C21H13ClN2O5/c22-12-4-3-5-13(10-12)24-20(26)17(19(25)23-24)11-14-8-9-18(29-14)15-6-1-2-7-16(15)21(27)28/h1-11H,(H,23,25)(H,27,28)/b17-11-. The zero-order valence-electron chi connectivity index (χ0n) is 14.8. The van der Waals surface area contributed by atoms with Crippen LogP contribution in [0.15, 0.2) is 70.7 Å². The topological polar surface area (TPSA) is 99.9 Å². The zero-order chi connectivity index (χ0) is 20.5. The van der Waals surface area contributed by atoms with Gasteiger partial charge in [-0.3, -0.25) is 15.0 Å². The number of aromatic carboxylic acids is 1. The van der Waals surface area contributed by atoms with Gasteiger partial charge in [-0.15, -0.1) is 0 Å². The van der Waals surface area contributed by atoms with Crippen LogP contribution in [0.3, 0.4) is 0 Å². The molecular formula is C21H13ClN2O5. The average molecular weight is 409 g/mol. The Morgan fingerprint density at radius 1 is 1.07 bits per heavy atom. The van der Waals surface area contributed by atoms with Gasteiger partial charge in [0, 0.05) is 10.6 Å². The lowest BCUT2D eigenvalue weighted by Gasteiger charge is -2.14. The van der Waals surface area contributed by atoms with Gasteiger partial charge in [0.1, 0.15) is 17.1 Å². The van der Waals surface area contributed by atoms with Crippen LogP contribution < -0.4 is 10.4 Å². The van der Waals surface area contributed by atoms with Crippen molar-refractivity contribution >= 4 is 41.1 Å². The largest absolute Gasteiger partial charge is 0.478 e. The highest BCUT2D eigenvalue weighted by atomic mass is 35.5. The number of rotatable bonds is 4. The van der Waals surface area contributed by atoms with Crippen LogP contribution in [-0.2, 0) is 9.59 Å². The number of anilines is 1. The van der Waals surface area contributed by atoms with Crippen molar-refractivity contribution < 1.29 is 23.9 Å². The van der Waals surface area contributed by atoms with Crippen molar-refractivity contribution in [3.8, 4) is 11.3 Å². The molecule has 3 aromatic rings. The third-order valence-electron chi connectivity index (χ3n) is 4.29. The Morgan fingerprint density at radius 2 is 1.86 bits per heavy atom. The number of carbonyl (C=O) groups excluding carboxylic acids is 2. The van der Waals surface area contributed by atoms with Crippen molar-refractivity contribution in [2.75, 3.05) is 5.01 Å². The van der Waals surface area contributed by atoms with Crippen LogP contribution in [0.4, 0.5) is 5.69 Å². The molecule has 0 unspecified atom stereocenters. The first-order valence-electron chi connectivity index (χ1n) is 8.49. The first-order valence-corrected chi connectivity index (χ1v) is 8.87. The van der Waals surface area contributed by atoms with Crippen LogP contribution in [0.2, 0.25) is 5.02 Å². The van der Waals surface area contributed by atoms with E-state index in [-0.39, 0.29) is 16.9 Å². The van der Waals surface area contributed by atoms with Crippen LogP contribution in [0.5, 0.6) is 0 Å². The molecule has 29 heavy (non-hydrogen) atoms. The van der Waals surface area contributed by atoms with Gasteiger partial charge in [-0.05, 0) is 42.5 Å². The summed E-state index contributed by atoms with van der Waals surface area (Å²) in [5, 5.41) is 10.9. The molecule has 0 radical (unpaired) electrons. The fourth-order valence-corrected chi connectivity index (χ4v) is 3.14. The molecule has 8 heteroatoms. The van der Waals surface area contributed by atoms with Gasteiger partial charge in [0.25, 0.3) is 11.8 Å². The lowest BCUT2D eigenvalue weighted by atomic mass is 10.1. The average Bonchev–Trinajstić information content (AvgIpc) is 3.28. The summed E-state index contributed by atoms with van der Waals surface area (Å²) < 4.78 is 5.67. The normalized spacial score (nSPS) is 15.1. The molecule has 1 aliphatic rings. The number of furan rings is 1. The molecule has 1 aliphatic heterocycles. The molecule has 144 valence electrons. The summed E-state index contributed by atoms with van der Waals surface area (Å²) in [6.07, 6.45) is 1.31. The zero-order valence-corrected chi connectivity index (χ0v) is 15.5. The number of hydrazine groups is 1. The summed E-state index contributed by atoms with van der Waals surface area (Å²) in [6, 6.07) is 16.1. The van der Waals surface area contributed by atoms with Crippen LogP contribution in [0, 0.1) is 0 Å². The molecule has 2 N–H and O–H groups in total. The smallest absolute Gasteiger partial charge is 0.336 e. The number of carboxylic acids is 1. The highest BCUT2D eigenvalue weighted by molar-refractivity contribution is 6.33. The Bertz CT molecular complexity index is 1180. The highest BCUT2D eigenvalue weighted by Crippen LogP contribution is 2.28. The minimum atomic E-state index is -1.08. The summed E-state index contributed by atoms with van der Waals surface area (Å²) in [5.74, 6) is -1.67. The van der Waals surface area contributed by atoms with Gasteiger partial charge in [-0.1, -0.05) is 35.9 Å². The Labute approximate surface area is 169 Å². The van der Waals surface area contributed by atoms with E-state index in [4.69, 9.17) is 16.0 Å². The Morgan fingerprint density at radius 3 is 2.62 bits per heavy atom. The van der Waals surface area contributed by atoms with Crippen molar-refractivity contribution in [1.29, 1.82) is 0 Å². The maximum atomic E-state index is 12.7. The van der Waals surface area contributed by atoms with Gasteiger partial charge >= 0.3 is 5.97 Å². The molecule has 0 atom stereocenters. The lowest BCUT2D eigenvalue weighted by molar-refractivity contribution is -0.117. The molecule has 2 amide bonds. The third-order valence-corrected chi connectivity index (χ3v) is 4.53. The van der Waals surface area contributed by atoms with E-state index in [0.29, 0.717) is 22.0 Å². The molecule has 4 rings (SSSR count). The number of benzene rings is 2. The van der Waals surface area contributed by atoms with Gasteiger partial charge in [0.15, 0.2) is 0 Å². The first-order chi connectivity index (χ1) is 13.9. The predicted octanol–water partition coefficient (Wildman–Crippen LogP) is 3.76. The summed E-state index contributed by atoms with van der Waals surface area (Å²) in [5.41, 5.74) is 3.27. The Balaban J connectivity index is 1.65. The second kappa shape index (κ2) is 7.29. The molecule has 7 nitrogen and oxygen atoms in total. The summed E-state index contributed by atoms with van der Waals surface area (Å²) in [6.45, 7) is 0. The lowest BCUT2D eigenvalue weighted by Crippen LogP contribution is -2.35. The molecule has 2 heterocycles. The van der Waals surface area contributed by atoms with E-state index >= 15 is 0 Å². The molecule has 0 saturated carbocycles. The summed E-state index contributed by atoms with van der Waals surface area (Å²) >= 11 is 5.95. The van der Waals surface area contributed by atoms with Crippen LogP contribution in [0.1, 0.15) is 16.1 Å². The van der Waals surface area contributed by atoms with E-state index in [0.717, 1.165) is 5.01 Å². The third kappa shape index (κ3) is 3.51. The van der Waals surface area contributed by atoms with Crippen LogP contribution in [-0.4, -0.2) is 22.9 Å². The van der Waals surface area contributed by atoms with Crippen molar-refractivity contribution in [2.24, 2.45) is 0 Å². The fourth-order valence-electron chi connectivity index (χ4n) is 2.96. The van der Waals surface area contributed by atoms with Gasteiger partial charge in [-0.2, -0.15) is 0 Å². The Kier molecular flexibility index (Phi) is 4.66. The van der Waals surface area contributed by atoms with Gasteiger partial charge in [0.05, 0.1) is 11.3 Å². The molecule has 0 spiro atoms. The monoisotopic (exact) mass is 408 g/mol. The first kappa shape index (κ1) is 18.5. The number of halogens is 1. The number of hydrogen-bond donors (Lipinski definition) is 2. The SMILES string of the molecule is O=C1NN(c2cccc(Cl)c2)C(=O)/C1=C\c1ccc(-c2ccccc2C(=O)O)o1. The van der Waals surface area contributed by atoms with Gasteiger partial charge in [-0.25, -0.2) is 9.80 Å². The molecule has 0 aliphatic carbocycles. The number of carboxylic acid groups (broad SMARTS) is 1.